The molecule has 1 aliphatic rings. The average molecular weight is 297 g/mol. The maximum Gasteiger partial charge on any atom is 0.255 e. The van der Waals surface area contributed by atoms with Crippen molar-refractivity contribution in [2.24, 2.45) is 0 Å². The topological polar surface area (TPSA) is 75.4 Å². The van der Waals surface area contributed by atoms with Crippen LogP contribution in [-0.4, -0.2) is 35.8 Å². The molecular formula is C14H17F2N3O2. The summed E-state index contributed by atoms with van der Waals surface area (Å²) in [6, 6.07) is 0.749. The Morgan fingerprint density at radius 3 is 2.52 bits per heavy atom. The summed E-state index contributed by atoms with van der Waals surface area (Å²) in [5.41, 5.74) is 4.33. The van der Waals surface area contributed by atoms with Gasteiger partial charge in [0.15, 0.2) is 5.82 Å². The van der Waals surface area contributed by atoms with Gasteiger partial charge in [-0.3, -0.25) is 9.59 Å². The second-order valence-corrected chi connectivity index (χ2v) is 5.08. The Morgan fingerprint density at radius 2 is 1.90 bits per heavy atom. The Morgan fingerprint density at radius 1 is 1.29 bits per heavy atom. The first-order valence-electron chi connectivity index (χ1n) is 6.74. The summed E-state index contributed by atoms with van der Waals surface area (Å²) < 4.78 is 26.9. The summed E-state index contributed by atoms with van der Waals surface area (Å²) in [6.07, 6.45) is 1.86. The van der Waals surface area contributed by atoms with Crippen LogP contribution in [-0.2, 0) is 4.79 Å². The molecule has 1 atom stereocenters. The molecule has 0 saturated carbocycles. The van der Waals surface area contributed by atoms with Crippen LogP contribution in [0.15, 0.2) is 12.1 Å². The third kappa shape index (κ3) is 3.29. The first-order valence-corrected chi connectivity index (χ1v) is 6.74. The van der Waals surface area contributed by atoms with E-state index in [0.717, 1.165) is 25.0 Å². The van der Waals surface area contributed by atoms with Crippen LogP contribution in [0.3, 0.4) is 0 Å². The summed E-state index contributed by atoms with van der Waals surface area (Å²) >= 11 is 0. The van der Waals surface area contributed by atoms with E-state index < -0.39 is 34.8 Å². The van der Waals surface area contributed by atoms with Crippen LogP contribution < -0.4 is 11.1 Å². The van der Waals surface area contributed by atoms with Crippen LogP contribution in [0.25, 0.3) is 0 Å². The molecule has 7 heteroatoms. The van der Waals surface area contributed by atoms with Gasteiger partial charge in [-0.1, -0.05) is 0 Å². The SMILES string of the molecule is CC(NC(=O)c1cc(F)cc(N)c1F)C(=O)N1CCCC1. The van der Waals surface area contributed by atoms with Crippen LogP contribution >= 0.6 is 0 Å². The highest BCUT2D eigenvalue weighted by molar-refractivity contribution is 5.98. The maximum atomic E-state index is 13.7. The fraction of sp³-hybridized carbons (Fsp3) is 0.429. The van der Waals surface area contributed by atoms with E-state index in [1.54, 1.807) is 4.90 Å². The van der Waals surface area contributed by atoms with Gasteiger partial charge in [-0.2, -0.15) is 0 Å². The van der Waals surface area contributed by atoms with Gasteiger partial charge in [-0.15, -0.1) is 0 Å². The zero-order chi connectivity index (χ0) is 15.6. The van der Waals surface area contributed by atoms with Crippen LogP contribution in [0, 0.1) is 11.6 Å². The molecule has 1 unspecified atom stereocenters. The van der Waals surface area contributed by atoms with E-state index in [1.165, 1.54) is 6.92 Å². The molecule has 1 aromatic carbocycles. The molecule has 1 heterocycles. The van der Waals surface area contributed by atoms with Crippen molar-refractivity contribution in [1.82, 2.24) is 10.2 Å². The highest BCUT2D eigenvalue weighted by Gasteiger charge is 2.26. The van der Waals surface area contributed by atoms with Crippen molar-refractivity contribution in [1.29, 1.82) is 0 Å². The number of nitrogens with two attached hydrogens (primary N) is 1. The highest BCUT2D eigenvalue weighted by Crippen LogP contribution is 2.17. The quantitative estimate of drug-likeness (QED) is 0.825. The number of anilines is 1. The number of amides is 2. The monoisotopic (exact) mass is 297 g/mol. The van der Waals surface area contributed by atoms with E-state index in [4.69, 9.17) is 5.73 Å². The second kappa shape index (κ2) is 6.07. The van der Waals surface area contributed by atoms with Crippen molar-refractivity contribution in [3.63, 3.8) is 0 Å². The normalized spacial score (nSPS) is 15.9. The van der Waals surface area contributed by atoms with Gasteiger partial charge in [0.2, 0.25) is 5.91 Å². The molecule has 3 N–H and O–H groups in total. The Labute approximate surface area is 121 Å². The van der Waals surface area contributed by atoms with Crippen molar-refractivity contribution < 1.29 is 18.4 Å². The number of carbonyl (C=O) groups is 2. The van der Waals surface area contributed by atoms with E-state index in [-0.39, 0.29) is 5.91 Å². The average Bonchev–Trinajstić information content (AvgIpc) is 2.95. The lowest BCUT2D eigenvalue weighted by molar-refractivity contribution is -0.131. The molecule has 1 aliphatic heterocycles. The molecule has 1 aromatic rings. The molecule has 114 valence electrons. The summed E-state index contributed by atoms with van der Waals surface area (Å²) in [7, 11) is 0. The van der Waals surface area contributed by atoms with E-state index in [0.29, 0.717) is 13.1 Å². The number of halogens is 2. The Kier molecular flexibility index (Phi) is 4.40. The van der Waals surface area contributed by atoms with E-state index in [1.807, 2.05) is 0 Å². The van der Waals surface area contributed by atoms with Crippen molar-refractivity contribution in [2.75, 3.05) is 18.8 Å². The largest absolute Gasteiger partial charge is 0.396 e. The van der Waals surface area contributed by atoms with Gasteiger partial charge in [0.25, 0.3) is 5.91 Å². The van der Waals surface area contributed by atoms with Gasteiger partial charge in [0.05, 0.1) is 11.3 Å². The lowest BCUT2D eigenvalue weighted by atomic mass is 10.1. The third-order valence-corrected chi connectivity index (χ3v) is 3.45. The molecule has 0 radical (unpaired) electrons. The van der Waals surface area contributed by atoms with Crippen molar-refractivity contribution in [3.8, 4) is 0 Å². The van der Waals surface area contributed by atoms with Crippen LogP contribution in [0.1, 0.15) is 30.1 Å². The predicted molar refractivity (Wildman–Crippen MR) is 73.5 cm³/mol. The van der Waals surface area contributed by atoms with Crippen LogP contribution in [0.5, 0.6) is 0 Å². The minimum Gasteiger partial charge on any atom is -0.396 e. The predicted octanol–water partition coefficient (Wildman–Crippen LogP) is 1.29. The van der Waals surface area contributed by atoms with Crippen LogP contribution in [0.2, 0.25) is 0 Å². The highest BCUT2D eigenvalue weighted by atomic mass is 19.1. The number of hydrogen-bond donors (Lipinski definition) is 2. The molecule has 2 amide bonds. The molecule has 5 nitrogen and oxygen atoms in total. The van der Waals surface area contributed by atoms with Crippen molar-refractivity contribution >= 4 is 17.5 Å². The molecule has 1 saturated heterocycles. The van der Waals surface area contributed by atoms with Gasteiger partial charge in [-0.05, 0) is 31.9 Å². The van der Waals surface area contributed by atoms with Crippen LogP contribution in [0.4, 0.5) is 14.5 Å². The van der Waals surface area contributed by atoms with Gasteiger partial charge < -0.3 is 16.0 Å². The molecule has 1 fully saturated rings. The van der Waals surface area contributed by atoms with Gasteiger partial charge >= 0.3 is 0 Å². The number of nitrogens with zero attached hydrogens (tertiary/aromatic N) is 1. The molecule has 0 spiro atoms. The number of likely N-dealkylation sites (tertiary alicyclic amines) is 1. The lowest BCUT2D eigenvalue weighted by Gasteiger charge is -2.21. The molecule has 0 bridgehead atoms. The lowest BCUT2D eigenvalue weighted by Crippen LogP contribution is -2.46. The van der Waals surface area contributed by atoms with Crippen molar-refractivity contribution in [3.05, 3.63) is 29.3 Å². The molecule has 2 rings (SSSR count). The fourth-order valence-corrected chi connectivity index (χ4v) is 2.32. The summed E-state index contributed by atoms with van der Waals surface area (Å²) in [5.74, 6) is -2.89. The number of rotatable bonds is 3. The summed E-state index contributed by atoms with van der Waals surface area (Å²) in [6.45, 7) is 2.82. The smallest absolute Gasteiger partial charge is 0.255 e. The fourth-order valence-electron chi connectivity index (χ4n) is 2.32. The standard InChI is InChI=1S/C14H17F2N3O2/c1-8(14(21)19-4-2-3-5-19)18-13(20)10-6-9(15)7-11(17)12(10)16/h6-8H,2-5,17H2,1H3,(H,18,20). The van der Waals surface area contributed by atoms with E-state index >= 15 is 0 Å². The minimum atomic E-state index is -0.991. The molecule has 0 aromatic heterocycles. The van der Waals surface area contributed by atoms with Gasteiger partial charge in [-0.25, -0.2) is 8.78 Å². The number of nitrogen functional groups attached to an aromatic ring is 1. The number of benzene rings is 1. The molecular weight excluding hydrogens is 280 g/mol. The van der Waals surface area contributed by atoms with Gasteiger partial charge in [0.1, 0.15) is 11.9 Å². The Bertz CT molecular complexity index is 572. The number of nitrogens with one attached hydrogen (secondary N) is 1. The first-order chi connectivity index (χ1) is 9.90. The van der Waals surface area contributed by atoms with Crippen molar-refractivity contribution in [2.45, 2.75) is 25.8 Å². The maximum absolute atomic E-state index is 13.7. The molecule has 0 aliphatic carbocycles. The minimum absolute atomic E-state index is 0.231. The Balaban J connectivity index is 2.09. The van der Waals surface area contributed by atoms with E-state index in [9.17, 15) is 18.4 Å². The van der Waals surface area contributed by atoms with Gasteiger partial charge in [0, 0.05) is 13.1 Å². The van der Waals surface area contributed by atoms with E-state index in [2.05, 4.69) is 5.32 Å². The number of carbonyl (C=O) groups excluding carboxylic acids is 2. The Hall–Kier alpha value is -2.18. The summed E-state index contributed by atoms with van der Waals surface area (Å²) in [5, 5.41) is 2.38. The summed E-state index contributed by atoms with van der Waals surface area (Å²) in [4.78, 5) is 25.6. The zero-order valence-corrected chi connectivity index (χ0v) is 11.7. The number of hydrogen-bond acceptors (Lipinski definition) is 3. The third-order valence-electron chi connectivity index (χ3n) is 3.45. The second-order valence-electron chi connectivity index (χ2n) is 5.08. The zero-order valence-electron chi connectivity index (χ0n) is 11.7. The molecule has 21 heavy (non-hydrogen) atoms. The first kappa shape index (κ1) is 15.2.